The Morgan fingerprint density at radius 2 is 1.96 bits per heavy atom. The SMILES string of the molecule is COc1ccccc1/C=N/c1nc(-c2c[nH]c3ccccc23)cs1. The van der Waals surface area contributed by atoms with Crippen molar-refractivity contribution >= 4 is 33.6 Å². The van der Waals surface area contributed by atoms with Gasteiger partial charge in [0.15, 0.2) is 0 Å². The molecule has 0 bridgehead atoms. The second kappa shape index (κ2) is 6.29. The number of H-pyrrole nitrogens is 1. The van der Waals surface area contributed by atoms with Gasteiger partial charge in [-0.2, -0.15) is 0 Å². The van der Waals surface area contributed by atoms with Crippen LogP contribution in [0.25, 0.3) is 22.2 Å². The number of thiazole rings is 1. The van der Waals surface area contributed by atoms with Gasteiger partial charge in [-0.15, -0.1) is 11.3 Å². The number of nitrogens with zero attached hydrogens (tertiary/aromatic N) is 2. The van der Waals surface area contributed by atoms with Gasteiger partial charge in [-0.05, 0) is 18.2 Å². The van der Waals surface area contributed by atoms with E-state index in [1.54, 1.807) is 13.3 Å². The molecule has 0 fully saturated rings. The highest BCUT2D eigenvalue weighted by Crippen LogP contribution is 2.32. The van der Waals surface area contributed by atoms with E-state index in [0.717, 1.165) is 33.2 Å². The van der Waals surface area contributed by atoms with Crippen LogP contribution in [0.2, 0.25) is 0 Å². The van der Waals surface area contributed by atoms with E-state index in [0.29, 0.717) is 0 Å². The molecule has 4 aromatic rings. The van der Waals surface area contributed by atoms with Gasteiger partial charge >= 0.3 is 0 Å². The van der Waals surface area contributed by atoms with Crippen LogP contribution in [-0.2, 0) is 0 Å². The largest absolute Gasteiger partial charge is 0.496 e. The van der Waals surface area contributed by atoms with Gasteiger partial charge in [-0.1, -0.05) is 30.3 Å². The van der Waals surface area contributed by atoms with Gasteiger partial charge in [-0.3, -0.25) is 0 Å². The van der Waals surface area contributed by atoms with Crippen molar-refractivity contribution in [2.75, 3.05) is 7.11 Å². The zero-order valence-electron chi connectivity index (χ0n) is 13.1. The minimum Gasteiger partial charge on any atom is -0.496 e. The molecule has 2 heterocycles. The lowest BCUT2D eigenvalue weighted by Gasteiger charge is -2.02. The zero-order valence-corrected chi connectivity index (χ0v) is 13.9. The van der Waals surface area contributed by atoms with Crippen LogP contribution in [0, 0.1) is 0 Å². The summed E-state index contributed by atoms with van der Waals surface area (Å²) in [7, 11) is 1.66. The normalized spacial score (nSPS) is 11.4. The van der Waals surface area contributed by atoms with E-state index >= 15 is 0 Å². The van der Waals surface area contributed by atoms with Crippen molar-refractivity contribution in [1.29, 1.82) is 0 Å². The Balaban J connectivity index is 1.64. The molecule has 118 valence electrons. The van der Waals surface area contributed by atoms with E-state index in [-0.39, 0.29) is 0 Å². The molecule has 4 rings (SSSR count). The standard InChI is InChI=1S/C19H15N3OS/c1-23-18-9-5-2-6-13(18)10-21-19-22-17(12-24-19)15-11-20-16-8-4-3-7-14(15)16/h2-12,20H,1H3/b21-10+. The number of para-hydroxylation sites is 2. The van der Waals surface area contributed by atoms with E-state index in [1.807, 2.05) is 48.0 Å². The Hall–Kier alpha value is -2.92. The fraction of sp³-hybridized carbons (Fsp3) is 0.0526. The molecule has 2 aromatic heterocycles. The average molecular weight is 333 g/mol. The summed E-state index contributed by atoms with van der Waals surface area (Å²) in [5.41, 5.74) is 4.08. The van der Waals surface area contributed by atoms with E-state index in [4.69, 9.17) is 4.74 Å². The summed E-state index contributed by atoms with van der Waals surface area (Å²) in [6.45, 7) is 0. The number of benzene rings is 2. The zero-order chi connectivity index (χ0) is 16.4. The minimum absolute atomic E-state index is 0.723. The van der Waals surface area contributed by atoms with Crippen molar-refractivity contribution in [3.63, 3.8) is 0 Å². The van der Waals surface area contributed by atoms with E-state index in [1.165, 1.54) is 16.7 Å². The first-order valence-corrected chi connectivity index (χ1v) is 8.42. The summed E-state index contributed by atoms with van der Waals surface area (Å²) in [5.74, 6) is 0.801. The van der Waals surface area contributed by atoms with Crippen molar-refractivity contribution < 1.29 is 4.74 Å². The van der Waals surface area contributed by atoms with Gasteiger partial charge in [-0.25, -0.2) is 9.98 Å². The van der Waals surface area contributed by atoms with Gasteiger partial charge in [0.05, 0.1) is 12.8 Å². The van der Waals surface area contributed by atoms with Gasteiger partial charge in [0.25, 0.3) is 0 Å². The van der Waals surface area contributed by atoms with E-state index in [9.17, 15) is 0 Å². The van der Waals surface area contributed by atoms with Crippen LogP contribution in [0.4, 0.5) is 5.13 Å². The molecule has 0 aliphatic heterocycles. The Labute approximate surface area is 143 Å². The first kappa shape index (κ1) is 14.7. The Morgan fingerprint density at radius 1 is 1.12 bits per heavy atom. The Kier molecular flexibility index (Phi) is 3.84. The molecule has 4 nitrogen and oxygen atoms in total. The molecule has 5 heteroatoms. The Morgan fingerprint density at radius 3 is 2.88 bits per heavy atom. The lowest BCUT2D eigenvalue weighted by Crippen LogP contribution is -1.89. The molecular formula is C19H15N3OS. The molecule has 2 aromatic carbocycles. The molecule has 0 aliphatic carbocycles. The van der Waals surface area contributed by atoms with Gasteiger partial charge < -0.3 is 9.72 Å². The number of fused-ring (bicyclic) bond motifs is 1. The van der Waals surface area contributed by atoms with Crippen molar-refractivity contribution in [1.82, 2.24) is 9.97 Å². The van der Waals surface area contributed by atoms with Crippen molar-refractivity contribution in [3.8, 4) is 17.0 Å². The highest BCUT2D eigenvalue weighted by atomic mass is 32.1. The fourth-order valence-electron chi connectivity index (χ4n) is 2.63. The van der Waals surface area contributed by atoms with Crippen LogP contribution in [-0.4, -0.2) is 23.3 Å². The Bertz CT molecular complexity index is 1020. The molecule has 0 atom stereocenters. The maximum atomic E-state index is 5.33. The minimum atomic E-state index is 0.723. The predicted octanol–water partition coefficient (Wildman–Crippen LogP) is 5.05. The van der Waals surface area contributed by atoms with Crippen LogP contribution in [0.1, 0.15) is 5.56 Å². The molecule has 24 heavy (non-hydrogen) atoms. The highest BCUT2D eigenvalue weighted by Gasteiger charge is 2.09. The maximum absolute atomic E-state index is 5.33. The van der Waals surface area contributed by atoms with Crippen LogP contribution in [0.5, 0.6) is 5.75 Å². The second-order valence-corrected chi connectivity index (χ2v) is 6.10. The van der Waals surface area contributed by atoms with Crippen molar-refractivity contribution in [2.45, 2.75) is 0 Å². The van der Waals surface area contributed by atoms with Gasteiger partial charge in [0, 0.05) is 39.8 Å². The molecular weight excluding hydrogens is 318 g/mol. The number of aromatic amines is 1. The summed E-state index contributed by atoms with van der Waals surface area (Å²) in [6.07, 6.45) is 3.78. The lowest BCUT2D eigenvalue weighted by molar-refractivity contribution is 0.414. The van der Waals surface area contributed by atoms with Crippen LogP contribution < -0.4 is 4.74 Å². The molecule has 0 saturated heterocycles. The third-order valence-corrected chi connectivity index (χ3v) is 4.56. The number of methoxy groups -OCH3 is 1. The topological polar surface area (TPSA) is 50.3 Å². The van der Waals surface area contributed by atoms with Crippen LogP contribution in [0.15, 0.2) is 65.1 Å². The summed E-state index contributed by atoms with van der Waals surface area (Å²) >= 11 is 1.53. The maximum Gasteiger partial charge on any atom is 0.209 e. The average Bonchev–Trinajstić information content (AvgIpc) is 3.26. The molecule has 1 N–H and O–H groups in total. The smallest absolute Gasteiger partial charge is 0.209 e. The lowest BCUT2D eigenvalue weighted by atomic mass is 10.1. The highest BCUT2D eigenvalue weighted by molar-refractivity contribution is 7.13. The summed E-state index contributed by atoms with van der Waals surface area (Å²) < 4.78 is 5.33. The van der Waals surface area contributed by atoms with Crippen LogP contribution in [0.3, 0.4) is 0 Å². The summed E-state index contributed by atoms with van der Waals surface area (Å²) in [6, 6.07) is 16.0. The summed E-state index contributed by atoms with van der Waals surface area (Å²) in [4.78, 5) is 12.4. The molecule has 0 saturated carbocycles. The fourth-order valence-corrected chi connectivity index (χ4v) is 3.29. The number of hydrogen-bond donors (Lipinski definition) is 1. The van der Waals surface area contributed by atoms with E-state index < -0.39 is 0 Å². The first-order chi connectivity index (χ1) is 11.8. The quantitative estimate of drug-likeness (QED) is 0.531. The molecule has 0 amide bonds. The summed E-state index contributed by atoms with van der Waals surface area (Å²) in [5, 5.41) is 3.93. The third kappa shape index (κ3) is 2.70. The van der Waals surface area contributed by atoms with Crippen molar-refractivity contribution in [3.05, 3.63) is 65.7 Å². The number of hydrogen-bond acceptors (Lipinski definition) is 4. The molecule has 0 radical (unpaired) electrons. The van der Waals surface area contributed by atoms with Crippen LogP contribution >= 0.6 is 11.3 Å². The number of aliphatic imine (C=N–C) groups is 1. The predicted molar refractivity (Wildman–Crippen MR) is 99.7 cm³/mol. The number of rotatable bonds is 4. The van der Waals surface area contributed by atoms with Gasteiger partial charge in [0.1, 0.15) is 5.75 Å². The second-order valence-electron chi connectivity index (χ2n) is 5.26. The van der Waals surface area contributed by atoms with Gasteiger partial charge in [0.2, 0.25) is 5.13 Å². The molecule has 0 aliphatic rings. The van der Waals surface area contributed by atoms with E-state index in [2.05, 4.69) is 27.1 Å². The monoisotopic (exact) mass is 333 g/mol. The molecule has 0 unspecified atom stereocenters. The molecule has 0 spiro atoms. The first-order valence-electron chi connectivity index (χ1n) is 7.54. The number of aromatic nitrogens is 2. The third-order valence-electron chi connectivity index (χ3n) is 3.81. The number of nitrogens with one attached hydrogen (secondary N) is 1. The van der Waals surface area contributed by atoms with Crippen molar-refractivity contribution in [2.24, 2.45) is 4.99 Å². The number of ether oxygens (including phenoxy) is 1.